The number of urea groups is 1. The van der Waals surface area contributed by atoms with Gasteiger partial charge in [-0.15, -0.1) is 0 Å². The van der Waals surface area contributed by atoms with Crippen LogP contribution in [0.4, 0.5) is 10.5 Å². The number of hydrogen-bond donors (Lipinski definition) is 2. The Balaban J connectivity index is 2.42. The second-order valence-corrected chi connectivity index (χ2v) is 4.45. The van der Waals surface area contributed by atoms with Gasteiger partial charge in [0.2, 0.25) is 0 Å². The summed E-state index contributed by atoms with van der Waals surface area (Å²) >= 11 is 3.37. The van der Waals surface area contributed by atoms with Gasteiger partial charge in [-0.3, -0.25) is 0 Å². The number of benzene rings is 1. The minimum Gasteiger partial charge on any atom is -0.380 e. The SMILES string of the molecule is CCOCCNC(=O)Nc1cc(Br)ccc1C. The van der Waals surface area contributed by atoms with Crippen LogP contribution in [0, 0.1) is 6.92 Å². The number of anilines is 1. The lowest BCUT2D eigenvalue weighted by Gasteiger charge is -2.10. The number of halogens is 1. The molecule has 0 saturated carbocycles. The lowest BCUT2D eigenvalue weighted by atomic mass is 10.2. The number of nitrogens with one attached hydrogen (secondary N) is 2. The summed E-state index contributed by atoms with van der Waals surface area (Å²) in [6.45, 7) is 5.56. The van der Waals surface area contributed by atoms with Crippen molar-refractivity contribution in [2.24, 2.45) is 0 Å². The zero-order chi connectivity index (χ0) is 12.7. The van der Waals surface area contributed by atoms with E-state index in [1.807, 2.05) is 32.0 Å². The van der Waals surface area contributed by atoms with Gasteiger partial charge < -0.3 is 15.4 Å². The summed E-state index contributed by atoms with van der Waals surface area (Å²) in [5.41, 5.74) is 1.82. The highest BCUT2D eigenvalue weighted by Gasteiger charge is 2.04. The predicted molar refractivity (Wildman–Crippen MR) is 72.4 cm³/mol. The van der Waals surface area contributed by atoms with Gasteiger partial charge in [-0.25, -0.2) is 4.79 Å². The molecule has 0 bridgehead atoms. The first-order valence-electron chi connectivity index (χ1n) is 5.52. The molecule has 5 heteroatoms. The molecule has 0 aliphatic rings. The molecular weight excluding hydrogens is 284 g/mol. The molecule has 2 amide bonds. The van der Waals surface area contributed by atoms with Crippen molar-refractivity contribution in [3.05, 3.63) is 28.2 Å². The summed E-state index contributed by atoms with van der Waals surface area (Å²) in [7, 11) is 0. The molecule has 0 saturated heterocycles. The van der Waals surface area contributed by atoms with Crippen LogP contribution in [-0.2, 0) is 4.74 Å². The fourth-order valence-electron chi connectivity index (χ4n) is 1.28. The van der Waals surface area contributed by atoms with Crippen LogP contribution in [0.25, 0.3) is 0 Å². The maximum Gasteiger partial charge on any atom is 0.319 e. The lowest BCUT2D eigenvalue weighted by Crippen LogP contribution is -2.31. The summed E-state index contributed by atoms with van der Waals surface area (Å²) in [6, 6.07) is 5.54. The van der Waals surface area contributed by atoms with Crippen molar-refractivity contribution >= 4 is 27.6 Å². The van der Waals surface area contributed by atoms with Gasteiger partial charge in [-0.1, -0.05) is 22.0 Å². The number of hydrogen-bond acceptors (Lipinski definition) is 2. The van der Waals surface area contributed by atoms with Crippen molar-refractivity contribution in [3.8, 4) is 0 Å². The van der Waals surface area contributed by atoms with E-state index < -0.39 is 0 Å². The van der Waals surface area contributed by atoms with Crippen LogP contribution in [0.2, 0.25) is 0 Å². The Morgan fingerprint density at radius 1 is 1.47 bits per heavy atom. The highest BCUT2D eigenvalue weighted by Crippen LogP contribution is 2.20. The van der Waals surface area contributed by atoms with Crippen molar-refractivity contribution in [3.63, 3.8) is 0 Å². The molecule has 0 heterocycles. The number of carbonyl (C=O) groups excluding carboxylic acids is 1. The molecule has 17 heavy (non-hydrogen) atoms. The van der Waals surface area contributed by atoms with Crippen LogP contribution in [0.3, 0.4) is 0 Å². The van der Waals surface area contributed by atoms with E-state index in [0.29, 0.717) is 19.8 Å². The smallest absolute Gasteiger partial charge is 0.319 e. The Hall–Kier alpha value is -1.07. The molecule has 1 aromatic carbocycles. The predicted octanol–water partition coefficient (Wildman–Crippen LogP) is 2.92. The van der Waals surface area contributed by atoms with Crippen molar-refractivity contribution in [1.29, 1.82) is 0 Å². The van der Waals surface area contributed by atoms with E-state index in [2.05, 4.69) is 26.6 Å². The van der Waals surface area contributed by atoms with Crippen LogP contribution < -0.4 is 10.6 Å². The van der Waals surface area contributed by atoms with E-state index in [1.54, 1.807) is 0 Å². The molecule has 4 nitrogen and oxygen atoms in total. The Morgan fingerprint density at radius 2 is 2.24 bits per heavy atom. The molecule has 0 atom stereocenters. The Morgan fingerprint density at radius 3 is 2.94 bits per heavy atom. The summed E-state index contributed by atoms with van der Waals surface area (Å²) in [5.74, 6) is 0. The topological polar surface area (TPSA) is 50.4 Å². The van der Waals surface area contributed by atoms with Gasteiger partial charge in [0.15, 0.2) is 0 Å². The van der Waals surface area contributed by atoms with Crippen LogP contribution >= 0.6 is 15.9 Å². The van der Waals surface area contributed by atoms with E-state index in [4.69, 9.17) is 4.74 Å². The second-order valence-electron chi connectivity index (χ2n) is 3.54. The maximum atomic E-state index is 11.5. The van der Waals surface area contributed by atoms with E-state index in [9.17, 15) is 4.79 Å². The molecule has 1 rings (SSSR count). The first kappa shape index (κ1) is 14.0. The standard InChI is InChI=1S/C12H17BrN2O2/c1-3-17-7-6-14-12(16)15-11-8-10(13)5-4-9(11)2/h4-5,8H,3,6-7H2,1-2H3,(H2,14,15,16). The van der Waals surface area contributed by atoms with Crippen molar-refractivity contribution < 1.29 is 9.53 Å². The van der Waals surface area contributed by atoms with E-state index in [1.165, 1.54) is 0 Å². The number of amides is 2. The van der Waals surface area contributed by atoms with Gasteiger partial charge in [0.25, 0.3) is 0 Å². The zero-order valence-corrected chi connectivity index (χ0v) is 11.6. The quantitative estimate of drug-likeness (QED) is 0.822. The maximum absolute atomic E-state index is 11.5. The summed E-state index contributed by atoms with van der Waals surface area (Å²) in [4.78, 5) is 11.5. The summed E-state index contributed by atoms with van der Waals surface area (Å²) in [5, 5.41) is 5.51. The van der Waals surface area contributed by atoms with Gasteiger partial charge in [0.05, 0.1) is 6.61 Å². The average molecular weight is 301 g/mol. The minimum atomic E-state index is -0.217. The number of carbonyl (C=O) groups is 1. The fraction of sp³-hybridized carbons (Fsp3) is 0.417. The molecular formula is C12H17BrN2O2. The van der Waals surface area contributed by atoms with Crippen LogP contribution in [0.5, 0.6) is 0 Å². The fourth-order valence-corrected chi connectivity index (χ4v) is 1.64. The molecule has 0 unspecified atom stereocenters. The van der Waals surface area contributed by atoms with Gasteiger partial charge in [-0.05, 0) is 31.5 Å². The lowest BCUT2D eigenvalue weighted by molar-refractivity contribution is 0.150. The Labute approximate surface area is 110 Å². The van der Waals surface area contributed by atoms with E-state index >= 15 is 0 Å². The third-order valence-electron chi connectivity index (χ3n) is 2.18. The number of aryl methyl sites for hydroxylation is 1. The first-order valence-corrected chi connectivity index (χ1v) is 6.31. The van der Waals surface area contributed by atoms with Crippen LogP contribution in [-0.4, -0.2) is 25.8 Å². The molecule has 94 valence electrons. The average Bonchev–Trinajstić information content (AvgIpc) is 2.29. The number of rotatable bonds is 5. The van der Waals surface area contributed by atoms with E-state index in [-0.39, 0.29) is 6.03 Å². The van der Waals surface area contributed by atoms with Crippen molar-refractivity contribution in [2.45, 2.75) is 13.8 Å². The monoisotopic (exact) mass is 300 g/mol. The molecule has 1 aromatic rings. The minimum absolute atomic E-state index is 0.217. The third kappa shape index (κ3) is 5.19. The Kier molecular flexibility index (Phi) is 6.00. The van der Waals surface area contributed by atoms with Crippen LogP contribution in [0.1, 0.15) is 12.5 Å². The zero-order valence-electron chi connectivity index (χ0n) is 10.0. The molecule has 2 N–H and O–H groups in total. The third-order valence-corrected chi connectivity index (χ3v) is 2.68. The van der Waals surface area contributed by atoms with Gasteiger partial charge in [0, 0.05) is 23.3 Å². The molecule has 0 aliphatic carbocycles. The normalized spacial score (nSPS) is 10.1. The highest BCUT2D eigenvalue weighted by atomic mass is 79.9. The highest BCUT2D eigenvalue weighted by molar-refractivity contribution is 9.10. The van der Waals surface area contributed by atoms with Crippen LogP contribution in [0.15, 0.2) is 22.7 Å². The van der Waals surface area contributed by atoms with Gasteiger partial charge in [0.1, 0.15) is 0 Å². The van der Waals surface area contributed by atoms with Gasteiger partial charge in [-0.2, -0.15) is 0 Å². The summed E-state index contributed by atoms with van der Waals surface area (Å²) in [6.07, 6.45) is 0. The Bertz CT molecular complexity index is 383. The van der Waals surface area contributed by atoms with Crippen molar-refractivity contribution in [1.82, 2.24) is 5.32 Å². The molecule has 0 aliphatic heterocycles. The molecule has 0 fully saturated rings. The van der Waals surface area contributed by atoms with E-state index in [0.717, 1.165) is 15.7 Å². The van der Waals surface area contributed by atoms with Crippen molar-refractivity contribution in [2.75, 3.05) is 25.1 Å². The molecule has 0 aromatic heterocycles. The number of ether oxygens (including phenoxy) is 1. The van der Waals surface area contributed by atoms with Gasteiger partial charge >= 0.3 is 6.03 Å². The summed E-state index contributed by atoms with van der Waals surface area (Å²) < 4.78 is 6.06. The largest absolute Gasteiger partial charge is 0.380 e. The second kappa shape index (κ2) is 7.29. The molecule has 0 radical (unpaired) electrons. The first-order chi connectivity index (χ1) is 8.13. The molecule has 0 spiro atoms.